The van der Waals surface area contributed by atoms with Crippen molar-refractivity contribution in [1.82, 2.24) is 47.0 Å². The molecule has 0 aromatic heterocycles. The molecule has 0 bridgehead atoms. The number of rotatable bonds is 17. The van der Waals surface area contributed by atoms with Gasteiger partial charge in [-0.05, 0) is 20.8 Å². The molecule has 78 heavy (non-hydrogen) atoms. The molecule has 0 aromatic rings. The molecule has 5 rings (SSSR count). The average Bonchev–Trinajstić information content (AvgIpc) is 4.22. The van der Waals surface area contributed by atoms with E-state index in [1.807, 2.05) is 13.8 Å². The van der Waals surface area contributed by atoms with Crippen LogP contribution in [0.5, 0.6) is 0 Å². The Morgan fingerprint density at radius 3 is 1.65 bits per heavy atom. The third-order valence-corrected chi connectivity index (χ3v) is 13.3. The number of likely N-dealkylation sites (N-methyl/N-ethyl adjacent to an activating group) is 5. The van der Waals surface area contributed by atoms with E-state index in [9.17, 15) is 57.5 Å². The van der Waals surface area contributed by atoms with Gasteiger partial charge in [0.25, 0.3) is 17.7 Å². The summed E-state index contributed by atoms with van der Waals surface area (Å²) >= 11 is 6.33. The first kappa shape index (κ1) is 98.4. The van der Waals surface area contributed by atoms with Crippen LogP contribution in [0.4, 0.5) is 0 Å². The van der Waals surface area contributed by atoms with E-state index >= 15 is 0 Å². The number of thioether (sulfide) groups is 2. The molecule has 11 N–H and O–H groups in total. The number of carbonyl (C=O) groups is 12. The van der Waals surface area contributed by atoms with Gasteiger partial charge >= 0.3 is 11.8 Å². The molecule has 12 amide bonds. The molecule has 1 spiro atoms. The maximum Gasteiger partial charge on any atom is 0.335 e. The van der Waals surface area contributed by atoms with Crippen molar-refractivity contribution in [1.29, 1.82) is 0 Å². The first-order chi connectivity index (χ1) is 31.2. The standard InChI is InChI=1S/2C13H20N4O4S.C9H12N2O3.C4H10N2OS.12CH4/c1-3-16-12(20)8-5-17(8)10(18)4-9(13(17)21)22-6-7(14)11(19)15-2;1-3-15-12(20)8-5-17(8)10(18)4-9-13(21)16-7(6-22-9)11(19)14-2;1-2-10-7(12)5-6-11-8(13)3-4-9(11)14;1-6-4(7)3(5)2-8;;;;;;;;;;;;/h7-9H,3-6,14H2,1-2H3,(H-,15,16,19,20);7-9H,3-6H2,1-2H3,(H,14,19)(H,15,20)(H,16,21);3-4H,2,5-6H2,1H3,(H,10,12);3,8H,2,5H2,1H3,(H,6,7);12*1H4/p+1/t2*7-,8?,9?,17?;;3-;;;;;;;;;;;;/m11.1............/s1. The molecule has 24 nitrogen and oxygen atoms in total. The third kappa shape index (κ3) is 28.2. The van der Waals surface area contributed by atoms with Crippen LogP contribution in [0.2, 0.25) is 0 Å². The van der Waals surface area contributed by atoms with Crippen LogP contribution in [0.1, 0.15) is 129 Å². The van der Waals surface area contributed by atoms with Crippen molar-refractivity contribution >= 4 is 107 Å². The molecule has 27 heteroatoms. The van der Waals surface area contributed by atoms with Gasteiger partial charge in [-0.15, -0.1) is 23.5 Å². The normalized spacial score (nSPS) is 20.4. The van der Waals surface area contributed by atoms with E-state index in [2.05, 4.69) is 49.8 Å². The van der Waals surface area contributed by atoms with Gasteiger partial charge in [0.2, 0.25) is 47.4 Å². The Labute approximate surface area is 485 Å². The number of nitrogens with one attached hydrogen (secondary N) is 7. The summed E-state index contributed by atoms with van der Waals surface area (Å²) in [6.45, 7) is 7.78. The van der Waals surface area contributed by atoms with Crippen molar-refractivity contribution in [3.05, 3.63) is 12.2 Å². The van der Waals surface area contributed by atoms with Crippen molar-refractivity contribution in [3.63, 3.8) is 0 Å². The Morgan fingerprint density at radius 2 is 1.22 bits per heavy atom. The highest BCUT2D eigenvalue weighted by molar-refractivity contribution is 8.01. The van der Waals surface area contributed by atoms with Crippen LogP contribution in [0.3, 0.4) is 0 Å². The van der Waals surface area contributed by atoms with Crippen LogP contribution >= 0.6 is 36.2 Å². The smallest absolute Gasteiger partial charge is 0.335 e. The number of imide groups is 2. The van der Waals surface area contributed by atoms with Gasteiger partial charge in [-0.25, -0.2) is 9.59 Å². The summed E-state index contributed by atoms with van der Waals surface area (Å²) in [5.41, 5.74) is 10.9. The minimum Gasteiger partial charge on any atom is -0.358 e. The first-order valence-electron chi connectivity index (χ1n) is 21.1. The van der Waals surface area contributed by atoms with Gasteiger partial charge in [0.1, 0.15) is 17.3 Å². The molecule has 5 aliphatic heterocycles. The highest BCUT2D eigenvalue weighted by atomic mass is 32.2. The van der Waals surface area contributed by atoms with Crippen molar-refractivity contribution in [3.8, 4) is 0 Å². The second-order valence-corrected chi connectivity index (χ2v) is 17.7. The zero-order valence-corrected chi connectivity index (χ0v) is 40.4. The fourth-order valence-electron chi connectivity index (χ4n) is 6.41. The maximum atomic E-state index is 12.5. The van der Waals surface area contributed by atoms with Gasteiger partial charge in [0.05, 0.1) is 30.3 Å². The van der Waals surface area contributed by atoms with Crippen molar-refractivity contribution in [2.75, 3.05) is 77.7 Å². The lowest BCUT2D eigenvalue weighted by atomic mass is 10.2. The van der Waals surface area contributed by atoms with E-state index in [-0.39, 0.29) is 203 Å². The minimum absolute atomic E-state index is 0. The van der Waals surface area contributed by atoms with E-state index in [4.69, 9.17) is 11.5 Å². The van der Waals surface area contributed by atoms with Crippen LogP contribution < -0.4 is 48.7 Å². The Kier molecular flexibility index (Phi) is 60.4. The maximum absolute atomic E-state index is 12.5. The predicted octanol–water partition coefficient (Wildman–Crippen LogP) is 2.08. The molecule has 0 aliphatic carbocycles. The van der Waals surface area contributed by atoms with E-state index in [1.54, 1.807) is 14.0 Å². The fourth-order valence-corrected chi connectivity index (χ4v) is 8.89. The highest BCUT2D eigenvalue weighted by Crippen LogP contribution is 2.43. The molecule has 4 fully saturated rings. The highest BCUT2D eigenvalue weighted by Gasteiger charge is 2.74. The molecular formula is C51H111N12O12S3+. The molecule has 0 saturated carbocycles. The zero-order valence-electron chi connectivity index (χ0n) is 37.8. The Balaban J connectivity index is -0.0000000849. The summed E-state index contributed by atoms with van der Waals surface area (Å²) in [5.74, 6) is -1.86. The fraction of sp³-hybridized carbons (Fsp3) is 0.725. The molecular weight excluding hydrogens is 1070 g/mol. The first-order valence-corrected chi connectivity index (χ1v) is 23.9. The summed E-state index contributed by atoms with van der Waals surface area (Å²) in [6.07, 6.45) is 2.72. The molecule has 5 unspecified atom stereocenters. The number of nitrogens with zero attached hydrogens (tertiary/aromatic N) is 3. The van der Waals surface area contributed by atoms with Crippen LogP contribution in [-0.2, 0) is 57.5 Å². The predicted molar refractivity (Wildman–Crippen MR) is 327 cm³/mol. The number of thiol groups is 1. The summed E-state index contributed by atoms with van der Waals surface area (Å²) in [6, 6.07) is -2.73. The molecule has 4 saturated heterocycles. The van der Waals surface area contributed by atoms with Crippen LogP contribution in [0.15, 0.2) is 12.2 Å². The Morgan fingerprint density at radius 1 is 0.731 bits per heavy atom. The van der Waals surface area contributed by atoms with Crippen molar-refractivity contribution in [2.24, 2.45) is 11.5 Å². The van der Waals surface area contributed by atoms with Gasteiger partial charge in [-0.2, -0.15) is 17.1 Å². The van der Waals surface area contributed by atoms with Gasteiger partial charge in [-0.3, -0.25) is 52.8 Å². The van der Waals surface area contributed by atoms with Crippen molar-refractivity contribution < 1.29 is 62.0 Å². The minimum atomic E-state index is -0.722. The quantitative estimate of drug-likeness (QED) is 0.0431. The van der Waals surface area contributed by atoms with E-state index < -0.39 is 40.7 Å². The molecule has 5 heterocycles. The molecule has 464 valence electrons. The lowest BCUT2D eigenvalue weighted by molar-refractivity contribution is -0.640. The molecule has 5 aliphatic rings. The monoisotopic (exact) mass is 1180 g/mol. The number of amides is 12. The summed E-state index contributed by atoms with van der Waals surface area (Å²) in [4.78, 5) is 141. The van der Waals surface area contributed by atoms with Gasteiger partial charge in [0.15, 0.2) is 6.54 Å². The largest absolute Gasteiger partial charge is 0.358 e. The SMILES string of the molecule is C.C.C.C.C.C.C.C.C.C.C.C.CCNC(=O)C1CN1C(=O)CC1SC[C@H](C(=O)NC)NC1=O.CCNC(=O)C1C[N+]12C(=O)CC(SC[C@@H](N)C(=O)NC)C2=O.CCNC(=O)CCN1C(=O)C=CC1=O.CNC(=O)[C@H](N)CS. The number of quaternary nitrogens is 1. The van der Waals surface area contributed by atoms with Gasteiger partial charge in [0, 0.05) is 89.6 Å². The topological polar surface area (TPSA) is 347 Å². The molecule has 0 radical (unpaired) electrons. The number of hydrogen-bond acceptors (Lipinski definition) is 17. The second-order valence-electron chi connectivity index (χ2n) is 14.9. The number of carbonyl (C=O) groups excluding carboxylic acids is 12. The number of hydrogen-bond donors (Lipinski definition) is 10. The van der Waals surface area contributed by atoms with Crippen LogP contribution in [-0.4, -0.2) is 204 Å². The third-order valence-electron chi connectivity index (χ3n) is 10.2. The van der Waals surface area contributed by atoms with Crippen molar-refractivity contribution in [2.45, 2.75) is 170 Å². The van der Waals surface area contributed by atoms with Gasteiger partial charge < -0.3 is 53.6 Å². The summed E-state index contributed by atoms with van der Waals surface area (Å²) < 4.78 is -0.362. The van der Waals surface area contributed by atoms with Crippen LogP contribution in [0.25, 0.3) is 0 Å². The molecule has 0 aromatic carbocycles. The van der Waals surface area contributed by atoms with E-state index in [0.717, 1.165) is 4.90 Å². The zero-order chi connectivity index (χ0) is 49.9. The number of nitrogens with two attached hydrogens (primary N) is 2. The van der Waals surface area contributed by atoms with Gasteiger partial charge in [-0.1, -0.05) is 89.1 Å². The Bertz CT molecular complexity index is 1880. The average molecular weight is 1180 g/mol. The molecule has 8 atom stereocenters. The van der Waals surface area contributed by atoms with Crippen LogP contribution in [0, 0.1) is 0 Å². The summed E-state index contributed by atoms with van der Waals surface area (Å²) in [5, 5.41) is 16.8. The van der Waals surface area contributed by atoms with E-state index in [0.29, 0.717) is 37.7 Å². The van der Waals surface area contributed by atoms with E-state index in [1.165, 1.54) is 54.7 Å². The summed E-state index contributed by atoms with van der Waals surface area (Å²) in [7, 11) is 4.55. The lowest BCUT2D eigenvalue weighted by Crippen LogP contribution is -2.54. The Hall–Kier alpha value is -5.09. The lowest BCUT2D eigenvalue weighted by Gasteiger charge is -2.27. The second kappa shape index (κ2) is 47.9.